The Morgan fingerprint density at radius 1 is 1.21 bits per heavy atom. The number of rotatable bonds is 6. The molecule has 0 saturated carbocycles. The fraction of sp³-hybridized carbons (Fsp3) is 0.0667. The number of hydrogen-bond donors (Lipinski definition) is 1. The first-order valence-electron chi connectivity index (χ1n) is 6.78. The van der Waals surface area contributed by atoms with E-state index in [4.69, 9.17) is 0 Å². The van der Waals surface area contributed by atoms with E-state index >= 15 is 0 Å². The summed E-state index contributed by atoms with van der Waals surface area (Å²) in [7, 11) is 0. The number of nitrogens with zero attached hydrogens (tertiary/aromatic N) is 4. The SMILES string of the molecule is CC(/C=N/Nc1ccc([N+](=O)[O-])cc1[N+](=O)[O-])=C\c1ccccn1. The summed E-state index contributed by atoms with van der Waals surface area (Å²) in [4.78, 5) is 24.4. The van der Waals surface area contributed by atoms with E-state index in [0.717, 1.165) is 17.3 Å². The summed E-state index contributed by atoms with van der Waals surface area (Å²) in [6, 6.07) is 8.77. The molecule has 1 aromatic carbocycles. The predicted octanol–water partition coefficient (Wildman–Crippen LogP) is 3.40. The average Bonchev–Trinajstić information content (AvgIpc) is 2.55. The van der Waals surface area contributed by atoms with Crippen molar-refractivity contribution in [1.29, 1.82) is 0 Å². The van der Waals surface area contributed by atoms with Gasteiger partial charge in [-0.25, -0.2) is 0 Å². The van der Waals surface area contributed by atoms with Crippen molar-refractivity contribution in [3.63, 3.8) is 0 Å². The summed E-state index contributed by atoms with van der Waals surface area (Å²) < 4.78 is 0. The topological polar surface area (TPSA) is 124 Å². The Balaban J connectivity index is 2.15. The van der Waals surface area contributed by atoms with Gasteiger partial charge in [0, 0.05) is 12.3 Å². The molecular formula is C15H13N5O4. The number of hydrazone groups is 1. The molecule has 0 aliphatic heterocycles. The van der Waals surface area contributed by atoms with E-state index in [0.29, 0.717) is 0 Å². The second-order valence-corrected chi connectivity index (χ2v) is 4.73. The monoisotopic (exact) mass is 327 g/mol. The number of hydrogen-bond acceptors (Lipinski definition) is 7. The molecule has 2 aromatic rings. The second kappa shape index (κ2) is 7.58. The van der Waals surface area contributed by atoms with Gasteiger partial charge in [-0.1, -0.05) is 6.07 Å². The normalized spacial score (nSPS) is 11.5. The molecule has 24 heavy (non-hydrogen) atoms. The smallest absolute Gasteiger partial charge is 0.272 e. The van der Waals surface area contributed by atoms with Crippen molar-refractivity contribution in [2.75, 3.05) is 5.43 Å². The number of pyridine rings is 1. The third-order valence-electron chi connectivity index (χ3n) is 2.91. The van der Waals surface area contributed by atoms with Gasteiger partial charge in [0.05, 0.1) is 27.8 Å². The summed E-state index contributed by atoms with van der Waals surface area (Å²) in [5.41, 5.74) is 3.32. The van der Waals surface area contributed by atoms with Crippen LogP contribution in [-0.2, 0) is 0 Å². The molecule has 0 fully saturated rings. The minimum atomic E-state index is -0.707. The number of nitro groups is 2. The highest BCUT2D eigenvalue weighted by atomic mass is 16.6. The summed E-state index contributed by atoms with van der Waals surface area (Å²) in [5.74, 6) is 0. The Hall–Kier alpha value is -3.62. The van der Waals surface area contributed by atoms with Gasteiger partial charge in [-0.3, -0.25) is 30.6 Å². The van der Waals surface area contributed by atoms with Crippen molar-refractivity contribution >= 4 is 29.4 Å². The fourth-order valence-corrected chi connectivity index (χ4v) is 1.81. The Labute approximate surface area is 136 Å². The van der Waals surface area contributed by atoms with Crippen LogP contribution in [0.1, 0.15) is 12.6 Å². The molecule has 2 rings (SSSR count). The van der Waals surface area contributed by atoms with E-state index in [2.05, 4.69) is 15.5 Å². The van der Waals surface area contributed by atoms with E-state index in [1.54, 1.807) is 25.3 Å². The number of nitrogens with one attached hydrogen (secondary N) is 1. The fourth-order valence-electron chi connectivity index (χ4n) is 1.81. The molecule has 122 valence electrons. The molecule has 0 aliphatic carbocycles. The molecule has 0 bridgehead atoms. The average molecular weight is 327 g/mol. The molecule has 9 nitrogen and oxygen atoms in total. The van der Waals surface area contributed by atoms with Crippen molar-refractivity contribution in [3.8, 4) is 0 Å². The predicted molar refractivity (Wildman–Crippen MR) is 89.8 cm³/mol. The molecular weight excluding hydrogens is 314 g/mol. The molecule has 1 N–H and O–H groups in total. The van der Waals surface area contributed by atoms with Crippen molar-refractivity contribution in [3.05, 3.63) is 74.1 Å². The van der Waals surface area contributed by atoms with Gasteiger partial charge in [-0.05, 0) is 36.8 Å². The molecule has 0 saturated heterocycles. The first-order chi connectivity index (χ1) is 11.5. The van der Waals surface area contributed by atoms with E-state index in [1.807, 2.05) is 12.1 Å². The summed E-state index contributed by atoms with van der Waals surface area (Å²) in [6.45, 7) is 1.80. The van der Waals surface area contributed by atoms with E-state index in [-0.39, 0.29) is 11.4 Å². The van der Waals surface area contributed by atoms with E-state index in [1.165, 1.54) is 18.3 Å². The molecule has 0 atom stereocenters. The van der Waals surface area contributed by atoms with Gasteiger partial charge >= 0.3 is 5.69 Å². The van der Waals surface area contributed by atoms with Gasteiger partial charge in [0.15, 0.2) is 0 Å². The molecule has 0 unspecified atom stereocenters. The van der Waals surface area contributed by atoms with Crippen LogP contribution in [0.3, 0.4) is 0 Å². The third kappa shape index (κ3) is 4.44. The number of anilines is 1. The number of nitro benzene ring substituents is 2. The Morgan fingerprint density at radius 2 is 2.00 bits per heavy atom. The van der Waals surface area contributed by atoms with Crippen LogP contribution >= 0.6 is 0 Å². The summed E-state index contributed by atoms with van der Waals surface area (Å²) in [6.07, 6.45) is 4.92. The van der Waals surface area contributed by atoms with Gasteiger partial charge in [0.2, 0.25) is 0 Å². The van der Waals surface area contributed by atoms with Crippen LogP contribution in [0.4, 0.5) is 17.1 Å². The first kappa shape index (κ1) is 16.7. The van der Waals surface area contributed by atoms with Gasteiger partial charge < -0.3 is 0 Å². The first-order valence-corrected chi connectivity index (χ1v) is 6.78. The maximum atomic E-state index is 11.0. The second-order valence-electron chi connectivity index (χ2n) is 4.73. The molecule has 1 aromatic heterocycles. The third-order valence-corrected chi connectivity index (χ3v) is 2.91. The zero-order valence-corrected chi connectivity index (χ0v) is 12.6. The van der Waals surface area contributed by atoms with Gasteiger partial charge in [0.1, 0.15) is 5.69 Å². The van der Waals surface area contributed by atoms with Crippen LogP contribution in [0.5, 0.6) is 0 Å². The van der Waals surface area contributed by atoms with Crippen molar-refractivity contribution in [1.82, 2.24) is 4.98 Å². The van der Waals surface area contributed by atoms with Gasteiger partial charge in [0.25, 0.3) is 5.69 Å². The quantitative estimate of drug-likeness (QED) is 0.492. The number of non-ortho nitro benzene ring substituents is 1. The molecule has 1 heterocycles. The van der Waals surface area contributed by atoms with Crippen molar-refractivity contribution < 1.29 is 9.85 Å². The van der Waals surface area contributed by atoms with Crippen LogP contribution in [0.2, 0.25) is 0 Å². The number of allylic oxidation sites excluding steroid dienone is 1. The van der Waals surface area contributed by atoms with Gasteiger partial charge in [-0.15, -0.1) is 0 Å². The molecule has 9 heteroatoms. The lowest BCUT2D eigenvalue weighted by Crippen LogP contribution is -1.98. The van der Waals surface area contributed by atoms with Crippen LogP contribution in [-0.4, -0.2) is 21.0 Å². The van der Waals surface area contributed by atoms with Crippen molar-refractivity contribution in [2.24, 2.45) is 5.10 Å². The number of benzene rings is 1. The van der Waals surface area contributed by atoms with Crippen LogP contribution < -0.4 is 5.43 Å². The molecule has 0 amide bonds. The van der Waals surface area contributed by atoms with E-state index < -0.39 is 15.5 Å². The molecule has 0 aliphatic rings. The highest BCUT2D eigenvalue weighted by Crippen LogP contribution is 2.28. The maximum Gasteiger partial charge on any atom is 0.301 e. The highest BCUT2D eigenvalue weighted by Gasteiger charge is 2.18. The standard InChI is InChI=1S/C15H13N5O4/c1-11(8-12-4-2-3-7-16-12)10-17-18-14-6-5-13(19(21)22)9-15(14)20(23)24/h2-10,18H,1H3/b11-8+,17-10+. The summed E-state index contributed by atoms with van der Waals surface area (Å²) in [5, 5.41) is 25.6. The molecule has 0 spiro atoms. The van der Waals surface area contributed by atoms with Crippen molar-refractivity contribution in [2.45, 2.75) is 6.92 Å². The van der Waals surface area contributed by atoms with Gasteiger partial charge in [-0.2, -0.15) is 5.10 Å². The Kier molecular flexibility index (Phi) is 5.29. The Bertz CT molecular complexity index is 818. The zero-order valence-electron chi connectivity index (χ0n) is 12.6. The zero-order chi connectivity index (χ0) is 17.5. The lowest BCUT2D eigenvalue weighted by atomic mass is 10.2. The maximum absolute atomic E-state index is 11.0. The largest absolute Gasteiger partial charge is 0.301 e. The minimum absolute atomic E-state index is 0.0625. The number of aromatic nitrogens is 1. The van der Waals surface area contributed by atoms with Crippen LogP contribution in [0.25, 0.3) is 6.08 Å². The van der Waals surface area contributed by atoms with Crippen LogP contribution in [0.15, 0.2) is 53.3 Å². The summed E-state index contributed by atoms with van der Waals surface area (Å²) >= 11 is 0. The Morgan fingerprint density at radius 3 is 2.62 bits per heavy atom. The lowest BCUT2D eigenvalue weighted by molar-refractivity contribution is -0.393. The van der Waals surface area contributed by atoms with E-state index in [9.17, 15) is 20.2 Å². The molecule has 0 radical (unpaired) electrons. The highest BCUT2D eigenvalue weighted by molar-refractivity contribution is 5.85. The lowest BCUT2D eigenvalue weighted by Gasteiger charge is -2.02. The van der Waals surface area contributed by atoms with Crippen LogP contribution in [0, 0.1) is 20.2 Å². The minimum Gasteiger partial charge on any atom is -0.272 e.